The minimum atomic E-state index is -0.373. The Balaban J connectivity index is 1.63. The van der Waals surface area contributed by atoms with Crippen LogP contribution in [0.3, 0.4) is 0 Å². The highest BCUT2D eigenvalue weighted by Crippen LogP contribution is 2.44. The van der Waals surface area contributed by atoms with Crippen molar-refractivity contribution in [2.45, 2.75) is 45.2 Å². The van der Waals surface area contributed by atoms with Gasteiger partial charge in [-0.15, -0.1) is 0 Å². The van der Waals surface area contributed by atoms with Crippen LogP contribution in [0, 0.1) is 24.6 Å². The molecule has 0 unspecified atom stereocenters. The van der Waals surface area contributed by atoms with Gasteiger partial charge in [0.15, 0.2) is 17.0 Å². The number of benzene rings is 1. The maximum atomic E-state index is 15.2. The van der Waals surface area contributed by atoms with Crippen LogP contribution in [0.4, 0.5) is 10.1 Å². The highest BCUT2D eigenvalue weighted by atomic mass is 19.1. The number of anilines is 1. The zero-order valence-electron chi connectivity index (χ0n) is 15.9. The van der Waals surface area contributed by atoms with E-state index >= 15 is 4.39 Å². The van der Waals surface area contributed by atoms with E-state index in [2.05, 4.69) is 16.4 Å². The molecule has 1 aromatic carbocycles. The summed E-state index contributed by atoms with van der Waals surface area (Å²) < 4.78 is 23.3. The van der Waals surface area contributed by atoms with Crippen molar-refractivity contribution in [1.29, 1.82) is 0 Å². The van der Waals surface area contributed by atoms with Crippen molar-refractivity contribution in [3.05, 3.63) is 33.9 Å². The molecule has 144 valence electrons. The molecule has 6 heteroatoms. The van der Waals surface area contributed by atoms with Crippen LogP contribution in [-0.2, 0) is 0 Å². The van der Waals surface area contributed by atoms with Gasteiger partial charge in [0.1, 0.15) is 12.3 Å². The monoisotopic (exact) mass is 371 g/mol. The first-order valence-electron chi connectivity index (χ1n) is 9.97. The summed E-state index contributed by atoms with van der Waals surface area (Å²) in [7, 11) is 0. The van der Waals surface area contributed by atoms with Crippen LogP contribution in [0.2, 0.25) is 0 Å². The lowest BCUT2D eigenvalue weighted by atomic mass is 9.96. The quantitative estimate of drug-likeness (QED) is 0.901. The number of aromatic nitrogens is 1. The van der Waals surface area contributed by atoms with Gasteiger partial charge in [-0.2, -0.15) is 0 Å². The predicted molar refractivity (Wildman–Crippen MR) is 104 cm³/mol. The van der Waals surface area contributed by atoms with Gasteiger partial charge >= 0.3 is 0 Å². The van der Waals surface area contributed by atoms with E-state index in [0.29, 0.717) is 40.8 Å². The van der Waals surface area contributed by atoms with Crippen LogP contribution in [-0.4, -0.2) is 30.3 Å². The van der Waals surface area contributed by atoms with E-state index in [-0.39, 0.29) is 23.3 Å². The fourth-order valence-corrected chi connectivity index (χ4v) is 4.81. The second-order valence-corrected chi connectivity index (χ2v) is 8.55. The van der Waals surface area contributed by atoms with Gasteiger partial charge in [-0.05, 0) is 51.0 Å². The molecule has 2 aromatic rings. The Morgan fingerprint density at radius 3 is 2.81 bits per heavy atom. The molecule has 0 spiro atoms. The van der Waals surface area contributed by atoms with Crippen LogP contribution in [0.25, 0.3) is 10.9 Å². The number of ether oxygens (including phenoxy) is 1. The first-order valence-corrected chi connectivity index (χ1v) is 9.97. The van der Waals surface area contributed by atoms with Gasteiger partial charge in [0.05, 0.1) is 16.9 Å². The van der Waals surface area contributed by atoms with Crippen molar-refractivity contribution >= 4 is 16.6 Å². The Hall–Kier alpha value is -2.08. The molecule has 0 amide bonds. The third kappa shape index (κ3) is 2.57. The van der Waals surface area contributed by atoms with Crippen molar-refractivity contribution in [2.24, 2.45) is 17.6 Å². The number of halogens is 1. The summed E-state index contributed by atoms with van der Waals surface area (Å²) in [6.07, 6.45) is 5.30. The number of nitrogens with zero attached hydrogens (tertiary/aromatic N) is 2. The van der Waals surface area contributed by atoms with Gasteiger partial charge in [0.2, 0.25) is 0 Å². The van der Waals surface area contributed by atoms with Gasteiger partial charge in [-0.3, -0.25) is 4.79 Å². The Morgan fingerprint density at radius 1 is 1.30 bits per heavy atom. The molecule has 1 saturated carbocycles. The third-order valence-corrected chi connectivity index (χ3v) is 6.57. The molecule has 3 aliphatic rings. The Labute approximate surface area is 157 Å². The first-order chi connectivity index (χ1) is 13.0. The number of pyridine rings is 1. The number of nitrogens with two attached hydrogens (primary N) is 1. The molecule has 2 aliphatic heterocycles. The topological polar surface area (TPSA) is 60.5 Å². The van der Waals surface area contributed by atoms with Crippen LogP contribution in [0.15, 0.2) is 17.1 Å². The molecule has 2 fully saturated rings. The van der Waals surface area contributed by atoms with Crippen molar-refractivity contribution < 1.29 is 9.13 Å². The molecule has 0 bridgehead atoms. The molecule has 5 rings (SSSR count). The van der Waals surface area contributed by atoms with Crippen molar-refractivity contribution in [3.8, 4) is 5.75 Å². The number of hydrogen-bond acceptors (Lipinski definition) is 4. The summed E-state index contributed by atoms with van der Waals surface area (Å²) in [5, 5.41) is 0.406. The van der Waals surface area contributed by atoms with Crippen LogP contribution in [0.1, 0.15) is 37.8 Å². The molecule has 1 saturated heterocycles. The van der Waals surface area contributed by atoms with Crippen molar-refractivity contribution in [1.82, 2.24) is 4.57 Å². The molecule has 3 atom stereocenters. The molecule has 1 aliphatic carbocycles. The smallest absolute Gasteiger partial charge is 0.192 e. The largest absolute Gasteiger partial charge is 0.487 e. The van der Waals surface area contributed by atoms with Gasteiger partial charge in [-0.25, -0.2) is 4.39 Å². The van der Waals surface area contributed by atoms with Crippen LogP contribution in [0.5, 0.6) is 5.75 Å². The zero-order valence-corrected chi connectivity index (χ0v) is 15.9. The van der Waals surface area contributed by atoms with E-state index in [1.807, 2.05) is 6.20 Å². The number of aryl methyl sites for hydroxylation is 1. The van der Waals surface area contributed by atoms with Crippen molar-refractivity contribution in [3.63, 3.8) is 0 Å². The maximum absolute atomic E-state index is 15.2. The van der Waals surface area contributed by atoms with Gasteiger partial charge in [0, 0.05) is 30.9 Å². The summed E-state index contributed by atoms with van der Waals surface area (Å²) in [4.78, 5) is 14.7. The summed E-state index contributed by atoms with van der Waals surface area (Å²) in [5.41, 5.74) is 8.14. The molecular weight excluding hydrogens is 345 g/mol. The number of rotatable bonds is 3. The fourth-order valence-electron chi connectivity index (χ4n) is 4.81. The van der Waals surface area contributed by atoms with Gasteiger partial charge < -0.3 is 19.9 Å². The minimum Gasteiger partial charge on any atom is -0.487 e. The number of hydrogen-bond donors (Lipinski definition) is 1. The molecule has 3 heterocycles. The Morgan fingerprint density at radius 2 is 2.07 bits per heavy atom. The highest BCUT2D eigenvalue weighted by molar-refractivity contribution is 5.92. The van der Waals surface area contributed by atoms with Crippen LogP contribution < -0.4 is 20.8 Å². The van der Waals surface area contributed by atoms with E-state index in [4.69, 9.17) is 10.5 Å². The summed E-state index contributed by atoms with van der Waals surface area (Å²) >= 11 is 0. The average Bonchev–Trinajstić information content (AvgIpc) is 3.38. The normalized spacial score (nSPS) is 25.7. The maximum Gasteiger partial charge on any atom is 0.192 e. The second kappa shape index (κ2) is 5.96. The summed E-state index contributed by atoms with van der Waals surface area (Å²) in [5.74, 6) is 1.17. The lowest BCUT2D eigenvalue weighted by Crippen LogP contribution is -2.35. The molecule has 5 nitrogen and oxygen atoms in total. The van der Waals surface area contributed by atoms with Gasteiger partial charge in [-0.1, -0.05) is 0 Å². The summed E-state index contributed by atoms with van der Waals surface area (Å²) in [6, 6.07) is 1.71. The standard InChI is InChI=1S/C21H26FN3O2/c1-11-8-25-12(2)10-27-21-18(25)15(20(11)26)7-16(22)19(21)24-6-5-14(9-24)17(23)13-3-4-13/h7-8,12-14,17H,3-6,9-10,23H2,1-2H3/t12-,14+,17-/m0/s1. The Kier molecular flexibility index (Phi) is 3.76. The lowest BCUT2D eigenvalue weighted by molar-refractivity contribution is 0.246. The van der Waals surface area contributed by atoms with Crippen LogP contribution >= 0.6 is 0 Å². The fraction of sp³-hybridized carbons (Fsp3) is 0.571. The van der Waals surface area contributed by atoms with E-state index in [1.165, 1.54) is 18.9 Å². The van der Waals surface area contributed by atoms with Gasteiger partial charge in [0.25, 0.3) is 0 Å². The SMILES string of the molecule is Cc1cn2c3c(c(N4CC[C@@H]([C@@H](N)C5CC5)C4)c(F)cc3c1=O)OC[C@@H]2C. The zero-order chi connectivity index (χ0) is 18.9. The third-order valence-electron chi connectivity index (χ3n) is 6.57. The molecule has 1 aromatic heterocycles. The Bertz CT molecular complexity index is 982. The van der Waals surface area contributed by atoms with E-state index in [0.717, 1.165) is 25.0 Å². The first kappa shape index (κ1) is 17.0. The molecule has 2 N–H and O–H groups in total. The molecule has 0 radical (unpaired) electrons. The van der Waals surface area contributed by atoms with E-state index < -0.39 is 0 Å². The van der Waals surface area contributed by atoms with E-state index in [1.54, 1.807) is 6.92 Å². The van der Waals surface area contributed by atoms with E-state index in [9.17, 15) is 4.79 Å². The minimum absolute atomic E-state index is 0.104. The summed E-state index contributed by atoms with van der Waals surface area (Å²) in [6.45, 7) is 5.83. The second-order valence-electron chi connectivity index (χ2n) is 8.55. The lowest BCUT2D eigenvalue weighted by Gasteiger charge is -2.31. The average molecular weight is 371 g/mol. The predicted octanol–water partition coefficient (Wildman–Crippen LogP) is 2.97. The highest BCUT2D eigenvalue weighted by Gasteiger charge is 2.39. The molecule has 27 heavy (non-hydrogen) atoms. The molecular formula is C21H26FN3O2. The van der Waals surface area contributed by atoms with Crippen molar-refractivity contribution in [2.75, 3.05) is 24.6 Å².